The van der Waals surface area contributed by atoms with Gasteiger partial charge in [0.1, 0.15) is 18.1 Å². The molecule has 0 bridgehead atoms. The normalized spacial score (nSPS) is 13.1. The van der Waals surface area contributed by atoms with Crippen LogP contribution in [0.3, 0.4) is 0 Å². The molecule has 0 spiro atoms. The van der Waals surface area contributed by atoms with E-state index in [0.29, 0.717) is 41.7 Å². The summed E-state index contributed by atoms with van der Waals surface area (Å²) in [4.78, 5) is 12.4. The van der Waals surface area contributed by atoms with E-state index < -0.39 is 0 Å². The van der Waals surface area contributed by atoms with Gasteiger partial charge < -0.3 is 20.4 Å². The third-order valence-corrected chi connectivity index (χ3v) is 3.73. The quantitative estimate of drug-likeness (QED) is 0.750. The topological polar surface area (TPSA) is 90.9 Å². The van der Waals surface area contributed by atoms with Crippen molar-refractivity contribution in [2.45, 2.75) is 6.92 Å². The van der Waals surface area contributed by atoms with E-state index in [4.69, 9.17) is 10.5 Å². The van der Waals surface area contributed by atoms with Gasteiger partial charge in [-0.15, -0.1) is 0 Å². The zero-order chi connectivity index (χ0) is 16.7. The molecule has 0 fully saturated rings. The van der Waals surface area contributed by atoms with E-state index in [1.54, 1.807) is 29.2 Å². The minimum absolute atomic E-state index is 0.108. The number of nitrogen functional groups attached to an aromatic ring is 1. The van der Waals surface area contributed by atoms with Crippen LogP contribution in [-0.2, 0) is 0 Å². The van der Waals surface area contributed by atoms with Crippen molar-refractivity contribution in [3.8, 4) is 22.7 Å². The fourth-order valence-electron chi connectivity index (χ4n) is 2.66. The maximum Gasteiger partial charge on any atom is 0.222 e. The Morgan fingerprint density at radius 1 is 1.33 bits per heavy atom. The van der Waals surface area contributed by atoms with Crippen LogP contribution < -0.4 is 15.8 Å². The SMILES string of the molecule is Cc1cn(-c2ccc(-c3nc(N)nc4c3OCCN4)cc2F)cn1. The minimum Gasteiger partial charge on any atom is -0.486 e. The zero-order valence-corrected chi connectivity index (χ0v) is 13.0. The van der Waals surface area contributed by atoms with Gasteiger partial charge in [0, 0.05) is 11.8 Å². The van der Waals surface area contributed by atoms with Crippen LogP contribution in [0.5, 0.6) is 5.75 Å². The molecule has 1 aliphatic heterocycles. The van der Waals surface area contributed by atoms with Crippen molar-refractivity contribution >= 4 is 11.8 Å². The Hall–Kier alpha value is -3.16. The molecule has 0 amide bonds. The Balaban J connectivity index is 1.81. The van der Waals surface area contributed by atoms with E-state index in [1.165, 1.54) is 6.07 Å². The molecule has 1 aromatic carbocycles. The van der Waals surface area contributed by atoms with Crippen molar-refractivity contribution in [1.29, 1.82) is 0 Å². The second kappa shape index (κ2) is 5.48. The van der Waals surface area contributed by atoms with Crippen molar-refractivity contribution in [3.05, 3.63) is 42.2 Å². The lowest BCUT2D eigenvalue weighted by atomic mass is 10.1. The van der Waals surface area contributed by atoms with Gasteiger partial charge in [0.15, 0.2) is 11.6 Å². The molecular weight excluding hydrogens is 311 g/mol. The van der Waals surface area contributed by atoms with Crippen LogP contribution in [0.4, 0.5) is 16.2 Å². The molecule has 0 atom stereocenters. The van der Waals surface area contributed by atoms with Crippen molar-refractivity contribution < 1.29 is 9.13 Å². The van der Waals surface area contributed by atoms with Crippen LogP contribution in [0, 0.1) is 12.7 Å². The lowest BCUT2D eigenvalue weighted by molar-refractivity contribution is 0.321. The average Bonchev–Trinajstić information content (AvgIpc) is 3.00. The van der Waals surface area contributed by atoms with Gasteiger partial charge in [-0.05, 0) is 19.1 Å². The van der Waals surface area contributed by atoms with Gasteiger partial charge in [-0.1, -0.05) is 6.07 Å². The smallest absolute Gasteiger partial charge is 0.222 e. The number of anilines is 2. The van der Waals surface area contributed by atoms with Gasteiger partial charge in [0.05, 0.1) is 24.3 Å². The predicted octanol–water partition coefficient (Wildman–Crippen LogP) is 2.16. The Morgan fingerprint density at radius 2 is 2.21 bits per heavy atom. The molecule has 0 saturated heterocycles. The maximum absolute atomic E-state index is 14.6. The molecule has 0 radical (unpaired) electrons. The van der Waals surface area contributed by atoms with Gasteiger partial charge in [-0.2, -0.15) is 4.98 Å². The lowest BCUT2D eigenvalue weighted by Gasteiger charge is -2.20. The summed E-state index contributed by atoms with van der Waals surface area (Å²) in [6.45, 7) is 2.97. The molecule has 8 heteroatoms. The molecule has 3 aromatic rings. The number of imidazole rings is 1. The number of halogens is 1. The summed E-state index contributed by atoms with van der Waals surface area (Å²) < 4.78 is 21.9. The summed E-state index contributed by atoms with van der Waals surface area (Å²) in [5.74, 6) is 0.732. The number of benzene rings is 1. The van der Waals surface area contributed by atoms with Crippen LogP contribution in [-0.4, -0.2) is 32.7 Å². The van der Waals surface area contributed by atoms with E-state index in [-0.39, 0.29) is 11.8 Å². The Morgan fingerprint density at radius 3 is 2.96 bits per heavy atom. The molecule has 3 N–H and O–H groups in total. The van der Waals surface area contributed by atoms with Crippen molar-refractivity contribution in [2.24, 2.45) is 0 Å². The molecule has 24 heavy (non-hydrogen) atoms. The first-order chi connectivity index (χ1) is 11.6. The van der Waals surface area contributed by atoms with E-state index in [0.717, 1.165) is 5.69 Å². The Kier molecular flexibility index (Phi) is 3.30. The van der Waals surface area contributed by atoms with E-state index in [9.17, 15) is 4.39 Å². The van der Waals surface area contributed by atoms with Crippen LogP contribution in [0.15, 0.2) is 30.7 Å². The molecule has 3 heterocycles. The van der Waals surface area contributed by atoms with Crippen molar-refractivity contribution in [3.63, 3.8) is 0 Å². The second-order valence-corrected chi connectivity index (χ2v) is 5.47. The highest BCUT2D eigenvalue weighted by Gasteiger charge is 2.20. The number of hydrogen-bond donors (Lipinski definition) is 2. The van der Waals surface area contributed by atoms with Crippen molar-refractivity contribution in [1.82, 2.24) is 19.5 Å². The van der Waals surface area contributed by atoms with Crippen LogP contribution in [0.25, 0.3) is 16.9 Å². The highest BCUT2D eigenvalue weighted by atomic mass is 19.1. The van der Waals surface area contributed by atoms with Gasteiger partial charge in [-0.25, -0.2) is 14.4 Å². The van der Waals surface area contributed by atoms with Crippen molar-refractivity contribution in [2.75, 3.05) is 24.2 Å². The lowest BCUT2D eigenvalue weighted by Crippen LogP contribution is -2.20. The summed E-state index contributed by atoms with van der Waals surface area (Å²) in [5, 5.41) is 3.11. The molecule has 4 rings (SSSR count). The van der Waals surface area contributed by atoms with Crippen LogP contribution >= 0.6 is 0 Å². The van der Waals surface area contributed by atoms with Crippen LogP contribution in [0.1, 0.15) is 5.69 Å². The molecule has 0 aliphatic carbocycles. The maximum atomic E-state index is 14.6. The van der Waals surface area contributed by atoms with E-state index in [2.05, 4.69) is 20.3 Å². The Bertz CT molecular complexity index is 923. The number of fused-ring (bicyclic) bond motifs is 1. The summed E-state index contributed by atoms with van der Waals surface area (Å²) in [6.07, 6.45) is 3.33. The van der Waals surface area contributed by atoms with Gasteiger partial charge >= 0.3 is 0 Å². The summed E-state index contributed by atoms with van der Waals surface area (Å²) in [5.41, 5.74) is 8.03. The van der Waals surface area contributed by atoms with E-state index in [1.807, 2.05) is 6.92 Å². The highest BCUT2D eigenvalue weighted by Crippen LogP contribution is 2.36. The average molecular weight is 326 g/mol. The zero-order valence-electron chi connectivity index (χ0n) is 13.0. The molecule has 2 aromatic heterocycles. The third-order valence-electron chi connectivity index (χ3n) is 3.73. The second-order valence-electron chi connectivity index (χ2n) is 5.47. The Labute approximate surface area is 137 Å². The number of rotatable bonds is 2. The largest absolute Gasteiger partial charge is 0.486 e. The molecule has 0 saturated carbocycles. The number of hydrogen-bond acceptors (Lipinski definition) is 6. The molecule has 1 aliphatic rings. The monoisotopic (exact) mass is 326 g/mol. The van der Waals surface area contributed by atoms with Crippen LogP contribution in [0.2, 0.25) is 0 Å². The molecule has 122 valence electrons. The van der Waals surface area contributed by atoms with E-state index >= 15 is 0 Å². The number of aromatic nitrogens is 4. The summed E-state index contributed by atoms with van der Waals surface area (Å²) in [7, 11) is 0. The van der Waals surface area contributed by atoms with Gasteiger partial charge in [-0.3, -0.25) is 0 Å². The first kappa shape index (κ1) is 14.4. The fourth-order valence-corrected chi connectivity index (χ4v) is 2.66. The standard InChI is InChI=1S/C16H15FN6O/c1-9-7-23(8-20-9)12-3-2-10(6-11(12)17)13-14-15(19-4-5-24-14)22-16(18)21-13/h2-3,6-8H,4-5H2,1H3,(H3,18,19,21,22). The number of nitrogens with one attached hydrogen (secondary N) is 1. The number of nitrogens with two attached hydrogens (primary N) is 1. The fraction of sp³-hybridized carbons (Fsp3) is 0.188. The minimum atomic E-state index is -0.389. The third kappa shape index (κ3) is 2.41. The molecular formula is C16H15FN6O. The molecule has 7 nitrogen and oxygen atoms in total. The first-order valence-electron chi connectivity index (χ1n) is 7.47. The van der Waals surface area contributed by atoms with Gasteiger partial charge in [0.25, 0.3) is 0 Å². The highest BCUT2D eigenvalue weighted by molar-refractivity contribution is 5.75. The summed E-state index contributed by atoms with van der Waals surface area (Å²) >= 11 is 0. The first-order valence-corrected chi connectivity index (χ1v) is 7.47. The molecule has 0 unspecified atom stereocenters. The number of ether oxygens (including phenoxy) is 1. The number of nitrogens with zero attached hydrogens (tertiary/aromatic N) is 4. The number of aryl methyl sites for hydroxylation is 1. The predicted molar refractivity (Wildman–Crippen MR) is 87.7 cm³/mol. The van der Waals surface area contributed by atoms with Gasteiger partial charge in [0.2, 0.25) is 5.95 Å². The summed E-state index contributed by atoms with van der Waals surface area (Å²) in [6, 6.07) is 4.85.